The molecule has 32 heavy (non-hydrogen) atoms. The third kappa shape index (κ3) is 4.67. The van der Waals surface area contributed by atoms with Gasteiger partial charge in [-0.15, -0.1) is 0 Å². The summed E-state index contributed by atoms with van der Waals surface area (Å²) in [5, 5.41) is 1.77. The average molecular weight is 823 g/mol. The van der Waals surface area contributed by atoms with Crippen molar-refractivity contribution in [2.75, 3.05) is 12.4 Å². The summed E-state index contributed by atoms with van der Waals surface area (Å²) in [7, 11) is -8.39. The Bertz CT molecular complexity index is 1200. The van der Waals surface area contributed by atoms with Crippen LogP contribution in [0.3, 0.4) is 0 Å². The molecule has 1 aliphatic heterocycles. The van der Waals surface area contributed by atoms with Crippen LogP contribution in [0, 0.1) is 28.5 Å². The molecule has 2 N–H and O–H groups in total. The molecule has 3 fully saturated rings. The summed E-state index contributed by atoms with van der Waals surface area (Å²) >= 11 is 6.30. The van der Waals surface area contributed by atoms with Gasteiger partial charge < -0.3 is 10.1 Å². The van der Waals surface area contributed by atoms with E-state index >= 15 is 0 Å². The van der Waals surface area contributed by atoms with Gasteiger partial charge in [-0.1, -0.05) is 0 Å². The number of benzene rings is 1. The largest absolute Gasteiger partial charge is 0.464 e. The Labute approximate surface area is 225 Å². The summed E-state index contributed by atoms with van der Waals surface area (Å²) < 4.78 is 68.5. The van der Waals surface area contributed by atoms with Crippen LogP contribution in [-0.4, -0.2) is 63.0 Å². The van der Waals surface area contributed by atoms with E-state index in [1.165, 1.54) is 0 Å². The quantitative estimate of drug-likeness (QED) is 0.143. The lowest BCUT2D eigenvalue weighted by molar-refractivity contribution is -0.150. The molecule has 4 rings (SSSR count). The van der Waals surface area contributed by atoms with Crippen LogP contribution in [0.4, 0.5) is 0 Å². The lowest BCUT2D eigenvalue weighted by atomic mass is 9.83. The number of carbonyl (C=O) groups excluding carboxylic acids is 2. The Balaban J connectivity index is 1.57. The number of nitrogens with one attached hydrogen (secondary N) is 1. The molecule has 1 saturated heterocycles. The molecule has 0 radical (unpaired) electrons. The first-order valence-corrected chi connectivity index (χ1v) is 15.6. The summed E-state index contributed by atoms with van der Waals surface area (Å²) in [4.78, 5) is 25.8. The monoisotopic (exact) mass is 823 g/mol. The van der Waals surface area contributed by atoms with Crippen molar-refractivity contribution in [1.82, 2.24) is 5.32 Å². The molecule has 0 spiro atoms. The Hall–Kier alpha value is 0.170. The first-order chi connectivity index (χ1) is 14.8. The second kappa shape index (κ2) is 8.99. The van der Waals surface area contributed by atoms with Gasteiger partial charge in [-0.05, 0) is 92.2 Å². The zero-order valence-corrected chi connectivity index (χ0v) is 24.0. The van der Waals surface area contributed by atoms with E-state index in [4.69, 9.17) is 13.5 Å². The Morgan fingerprint density at radius 3 is 2.56 bits per heavy atom. The van der Waals surface area contributed by atoms with Crippen molar-refractivity contribution in [2.45, 2.75) is 23.8 Å². The van der Waals surface area contributed by atoms with Crippen molar-refractivity contribution in [3.05, 3.63) is 28.4 Å². The third-order valence-corrected chi connectivity index (χ3v) is 12.1. The smallest absolute Gasteiger partial charge is 0.310 e. The van der Waals surface area contributed by atoms with E-state index in [2.05, 4.69) is 73.1 Å². The van der Waals surface area contributed by atoms with Crippen LogP contribution in [0.1, 0.15) is 16.8 Å². The SMILES string of the molecule is O=C(NC1C2CC3C1OS(=O)(=O)C3C2C(=O)OCCS(=O)(=O)O)c1cc(I)cc(I)c1I. The van der Waals surface area contributed by atoms with Gasteiger partial charge in [0.05, 0.1) is 17.5 Å². The van der Waals surface area contributed by atoms with Crippen LogP contribution >= 0.6 is 67.8 Å². The number of ether oxygens (including phenoxy) is 1. The number of fused-ring (bicyclic) bond motifs is 1. The number of esters is 1. The maximum Gasteiger partial charge on any atom is 0.310 e. The van der Waals surface area contributed by atoms with Crippen LogP contribution in [0.15, 0.2) is 12.1 Å². The molecule has 2 saturated carbocycles. The number of hydrogen-bond acceptors (Lipinski definition) is 8. The summed E-state index contributed by atoms with van der Waals surface area (Å²) in [6.45, 7) is -0.598. The summed E-state index contributed by atoms with van der Waals surface area (Å²) in [6.07, 6.45) is -0.404. The molecule has 6 atom stereocenters. The molecule has 15 heteroatoms. The van der Waals surface area contributed by atoms with E-state index in [-0.39, 0.29) is 0 Å². The van der Waals surface area contributed by atoms with Gasteiger partial charge in [0.1, 0.15) is 23.7 Å². The predicted molar refractivity (Wildman–Crippen MR) is 136 cm³/mol. The number of amides is 1. The topological polar surface area (TPSA) is 153 Å². The Morgan fingerprint density at radius 1 is 1.22 bits per heavy atom. The van der Waals surface area contributed by atoms with Crippen LogP contribution in [0.25, 0.3) is 0 Å². The van der Waals surface area contributed by atoms with E-state index in [1.807, 2.05) is 6.07 Å². The molecule has 1 aromatic rings. The molecule has 3 aliphatic rings. The summed E-state index contributed by atoms with van der Waals surface area (Å²) in [5.41, 5.74) is 0.439. The zero-order valence-electron chi connectivity index (χ0n) is 15.9. The highest BCUT2D eigenvalue weighted by Gasteiger charge is 2.71. The molecule has 176 valence electrons. The van der Waals surface area contributed by atoms with Gasteiger partial charge in [-0.3, -0.25) is 18.3 Å². The highest BCUT2D eigenvalue weighted by atomic mass is 127. The molecule has 6 unspecified atom stereocenters. The maximum absolute atomic E-state index is 13.1. The standard InChI is InChI=1S/C17H16I3NO9S2/c18-6-3-8(12(20)10(19)4-6)16(22)21-13-7-5-9-14(13)30-32(27,28)15(9)11(7)17(23)29-1-2-31(24,25)26/h3-4,7,9,11,13-15H,1-2,5H2,(H,21,22)(H,24,25,26). The van der Waals surface area contributed by atoms with Gasteiger partial charge in [0.25, 0.3) is 26.1 Å². The van der Waals surface area contributed by atoms with Crippen molar-refractivity contribution in [2.24, 2.45) is 17.8 Å². The third-order valence-electron chi connectivity index (χ3n) is 5.99. The van der Waals surface area contributed by atoms with Crippen LogP contribution in [-0.2, 0) is 34.0 Å². The van der Waals surface area contributed by atoms with Crippen molar-refractivity contribution in [3.63, 3.8) is 0 Å². The van der Waals surface area contributed by atoms with Gasteiger partial charge in [-0.2, -0.15) is 16.8 Å². The zero-order chi connectivity index (χ0) is 23.6. The summed E-state index contributed by atoms with van der Waals surface area (Å²) in [6, 6.07) is 2.93. The average Bonchev–Trinajstić information content (AvgIpc) is 3.26. The second-order valence-electron chi connectivity index (χ2n) is 7.81. The molecular formula is C17H16I3NO9S2. The maximum atomic E-state index is 13.1. The van der Waals surface area contributed by atoms with Gasteiger partial charge in [0.2, 0.25) is 0 Å². The summed E-state index contributed by atoms with van der Waals surface area (Å²) in [5.74, 6) is -4.16. The lowest BCUT2D eigenvalue weighted by Gasteiger charge is -2.31. The van der Waals surface area contributed by atoms with Crippen molar-refractivity contribution < 1.29 is 39.9 Å². The molecule has 1 amide bonds. The van der Waals surface area contributed by atoms with E-state index < -0.39 is 79.6 Å². The lowest BCUT2D eigenvalue weighted by Crippen LogP contribution is -2.52. The molecule has 2 aliphatic carbocycles. The van der Waals surface area contributed by atoms with E-state index in [9.17, 15) is 26.4 Å². The highest BCUT2D eigenvalue weighted by molar-refractivity contribution is 14.1. The molecule has 1 aromatic carbocycles. The molecule has 1 heterocycles. The van der Waals surface area contributed by atoms with E-state index in [0.29, 0.717) is 12.0 Å². The fourth-order valence-electron chi connectivity index (χ4n) is 4.84. The van der Waals surface area contributed by atoms with Gasteiger partial charge in [-0.25, -0.2) is 0 Å². The van der Waals surface area contributed by atoms with Gasteiger partial charge in [0, 0.05) is 16.6 Å². The minimum atomic E-state index is -4.33. The van der Waals surface area contributed by atoms with Crippen molar-refractivity contribution >= 4 is 99.9 Å². The number of hydrogen-bond donors (Lipinski definition) is 2. The normalized spacial score (nSPS) is 32.1. The molecule has 2 bridgehead atoms. The number of halogens is 3. The van der Waals surface area contributed by atoms with Crippen LogP contribution < -0.4 is 5.32 Å². The minimum Gasteiger partial charge on any atom is -0.464 e. The van der Waals surface area contributed by atoms with Crippen LogP contribution in [0.5, 0.6) is 0 Å². The van der Waals surface area contributed by atoms with Gasteiger partial charge >= 0.3 is 5.97 Å². The Kier molecular flexibility index (Phi) is 7.10. The molecule has 10 nitrogen and oxygen atoms in total. The van der Waals surface area contributed by atoms with E-state index in [0.717, 1.165) is 10.7 Å². The van der Waals surface area contributed by atoms with Crippen molar-refractivity contribution in [3.8, 4) is 0 Å². The first kappa shape index (κ1) is 25.3. The number of rotatable bonds is 6. The molecular weight excluding hydrogens is 807 g/mol. The van der Waals surface area contributed by atoms with E-state index in [1.54, 1.807) is 6.07 Å². The second-order valence-corrected chi connectivity index (χ2v) is 14.6. The first-order valence-electron chi connectivity index (χ1n) is 9.29. The fraction of sp³-hybridized carbons (Fsp3) is 0.529. The number of carbonyl (C=O) groups is 2. The minimum absolute atomic E-state index is 0.360. The van der Waals surface area contributed by atoms with Crippen LogP contribution in [0.2, 0.25) is 0 Å². The highest BCUT2D eigenvalue weighted by Crippen LogP contribution is 2.57. The van der Waals surface area contributed by atoms with Crippen molar-refractivity contribution in [1.29, 1.82) is 0 Å². The Morgan fingerprint density at radius 2 is 1.91 bits per heavy atom. The fourth-order valence-corrected chi connectivity index (χ4v) is 9.60. The predicted octanol–water partition coefficient (Wildman–Crippen LogP) is 1.39. The molecule has 0 aromatic heterocycles. The van der Waals surface area contributed by atoms with Gasteiger partial charge in [0.15, 0.2) is 0 Å².